The van der Waals surface area contributed by atoms with E-state index in [-0.39, 0.29) is 12.4 Å². The van der Waals surface area contributed by atoms with Gasteiger partial charge in [0.15, 0.2) is 0 Å². The SMILES string of the molecule is Cl.Clc1nccc(CNCC2CCNCC2)n1. The van der Waals surface area contributed by atoms with E-state index in [0.717, 1.165) is 37.8 Å². The standard InChI is InChI=1S/C11H17ClN4.ClH/c12-11-15-6-3-10(16-11)8-14-7-9-1-4-13-5-2-9;/h3,6,9,13-14H,1-2,4-5,7-8H2;1H. The molecule has 2 N–H and O–H groups in total. The van der Waals surface area contributed by atoms with E-state index in [1.165, 1.54) is 12.8 Å². The van der Waals surface area contributed by atoms with Gasteiger partial charge in [0, 0.05) is 12.7 Å². The zero-order valence-electron chi connectivity index (χ0n) is 9.66. The Morgan fingerprint density at radius 2 is 2.18 bits per heavy atom. The first-order chi connectivity index (χ1) is 7.84. The first-order valence-electron chi connectivity index (χ1n) is 5.73. The van der Waals surface area contributed by atoms with Crippen LogP contribution in [0.4, 0.5) is 0 Å². The summed E-state index contributed by atoms with van der Waals surface area (Å²) < 4.78 is 0. The summed E-state index contributed by atoms with van der Waals surface area (Å²) in [6.07, 6.45) is 4.21. The van der Waals surface area contributed by atoms with Gasteiger partial charge in [0.1, 0.15) is 0 Å². The third kappa shape index (κ3) is 5.17. The molecule has 0 aromatic carbocycles. The molecule has 17 heavy (non-hydrogen) atoms. The maximum Gasteiger partial charge on any atom is 0.222 e. The van der Waals surface area contributed by atoms with Crippen LogP contribution in [0.25, 0.3) is 0 Å². The van der Waals surface area contributed by atoms with E-state index in [1.807, 2.05) is 6.07 Å². The molecule has 0 spiro atoms. The van der Waals surface area contributed by atoms with Gasteiger partial charge in [-0.2, -0.15) is 0 Å². The summed E-state index contributed by atoms with van der Waals surface area (Å²) in [7, 11) is 0. The fraction of sp³-hybridized carbons (Fsp3) is 0.636. The number of piperidine rings is 1. The highest BCUT2D eigenvalue weighted by molar-refractivity contribution is 6.28. The fourth-order valence-electron chi connectivity index (χ4n) is 1.96. The van der Waals surface area contributed by atoms with E-state index in [9.17, 15) is 0 Å². The molecule has 1 aromatic rings. The first kappa shape index (κ1) is 14.6. The maximum absolute atomic E-state index is 5.71. The van der Waals surface area contributed by atoms with Crippen molar-refractivity contribution in [3.05, 3.63) is 23.2 Å². The van der Waals surface area contributed by atoms with Crippen molar-refractivity contribution in [2.45, 2.75) is 19.4 Å². The molecule has 2 heterocycles. The summed E-state index contributed by atoms with van der Waals surface area (Å²) in [6.45, 7) is 4.12. The number of aromatic nitrogens is 2. The fourth-order valence-corrected chi connectivity index (χ4v) is 2.12. The lowest BCUT2D eigenvalue weighted by atomic mass is 9.98. The minimum Gasteiger partial charge on any atom is -0.317 e. The van der Waals surface area contributed by atoms with Gasteiger partial charge in [0.05, 0.1) is 5.69 Å². The van der Waals surface area contributed by atoms with Crippen molar-refractivity contribution in [2.24, 2.45) is 5.92 Å². The molecule has 0 aliphatic carbocycles. The van der Waals surface area contributed by atoms with Crippen LogP contribution in [0.15, 0.2) is 12.3 Å². The molecule has 1 aliphatic heterocycles. The average Bonchev–Trinajstić information content (AvgIpc) is 2.30. The average molecular weight is 277 g/mol. The first-order valence-corrected chi connectivity index (χ1v) is 6.11. The Bertz CT molecular complexity index is 329. The highest BCUT2D eigenvalue weighted by Gasteiger charge is 2.11. The zero-order chi connectivity index (χ0) is 11.2. The van der Waals surface area contributed by atoms with Crippen LogP contribution in [-0.4, -0.2) is 29.6 Å². The van der Waals surface area contributed by atoms with Crippen LogP contribution in [0.3, 0.4) is 0 Å². The smallest absolute Gasteiger partial charge is 0.222 e. The second-order valence-electron chi connectivity index (χ2n) is 4.14. The topological polar surface area (TPSA) is 49.8 Å². The van der Waals surface area contributed by atoms with Gasteiger partial charge < -0.3 is 10.6 Å². The Labute approximate surface area is 113 Å². The highest BCUT2D eigenvalue weighted by atomic mass is 35.5. The van der Waals surface area contributed by atoms with E-state index >= 15 is 0 Å². The van der Waals surface area contributed by atoms with Crippen LogP contribution >= 0.6 is 24.0 Å². The molecule has 0 bridgehead atoms. The number of nitrogens with zero attached hydrogens (tertiary/aromatic N) is 2. The minimum absolute atomic E-state index is 0. The van der Waals surface area contributed by atoms with Crippen molar-refractivity contribution in [2.75, 3.05) is 19.6 Å². The number of hydrogen-bond acceptors (Lipinski definition) is 4. The van der Waals surface area contributed by atoms with Crippen LogP contribution in [0.1, 0.15) is 18.5 Å². The Kier molecular flexibility index (Phi) is 6.73. The second kappa shape index (κ2) is 7.82. The predicted octanol–water partition coefficient (Wildman–Crippen LogP) is 1.64. The van der Waals surface area contributed by atoms with E-state index in [0.29, 0.717) is 5.28 Å². The summed E-state index contributed by atoms with van der Waals surface area (Å²) in [6, 6.07) is 1.89. The molecule has 6 heteroatoms. The molecule has 0 unspecified atom stereocenters. The van der Waals surface area contributed by atoms with E-state index < -0.39 is 0 Å². The normalized spacial score (nSPS) is 16.5. The van der Waals surface area contributed by atoms with Crippen molar-refractivity contribution < 1.29 is 0 Å². The molecular formula is C11H18Cl2N4. The Morgan fingerprint density at radius 1 is 1.41 bits per heavy atom. The quantitative estimate of drug-likeness (QED) is 0.821. The Morgan fingerprint density at radius 3 is 2.88 bits per heavy atom. The van der Waals surface area contributed by atoms with Crippen LogP contribution in [0, 0.1) is 5.92 Å². The molecule has 96 valence electrons. The molecule has 1 aromatic heterocycles. The van der Waals surface area contributed by atoms with Gasteiger partial charge in [-0.15, -0.1) is 12.4 Å². The van der Waals surface area contributed by atoms with Gasteiger partial charge >= 0.3 is 0 Å². The summed E-state index contributed by atoms with van der Waals surface area (Å²) in [4.78, 5) is 7.99. The van der Waals surface area contributed by atoms with Gasteiger partial charge in [-0.3, -0.25) is 0 Å². The lowest BCUT2D eigenvalue weighted by molar-refractivity contribution is 0.356. The molecular weight excluding hydrogens is 259 g/mol. The van der Waals surface area contributed by atoms with Gasteiger partial charge in [0.2, 0.25) is 5.28 Å². The van der Waals surface area contributed by atoms with Crippen molar-refractivity contribution >= 4 is 24.0 Å². The molecule has 0 amide bonds. The van der Waals surface area contributed by atoms with Gasteiger partial charge in [-0.1, -0.05) is 0 Å². The number of hydrogen-bond donors (Lipinski definition) is 2. The molecule has 0 radical (unpaired) electrons. The summed E-state index contributed by atoms with van der Waals surface area (Å²) in [5.74, 6) is 0.790. The zero-order valence-corrected chi connectivity index (χ0v) is 11.2. The highest BCUT2D eigenvalue weighted by Crippen LogP contribution is 2.10. The summed E-state index contributed by atoms with van der Waals surface area (Å²) >= 11 is 5.71. The Hall–Kier alpha value is -0.420. The van der Waals surface area contributed by atoms with Crippen molar-refractivity contribution in [1.29, 1.82) is 0 Å². The van der Waals surface area contributed by atoms with Gasteiger partial charge in [-0.05, 0) is 56.1 Å². The van der Waals surface area contributed by atoms with E-state index in [4.69, 9.17) is 11.6 Å². The van der Waals surface area contributed by atoms with Crippen molar-refractivity contribution in [3.8, 4) is 0 Å². The molecule has 0 saturated carbocycles. The third-order valence-corrected chi connectivity index (χ3v) is 3.06. The number of nitrogens with one attached hydrogen (secondary N) is 2. The lowest BCUT2D eigenvalue weighted by Crippen LogP contribution is -2.33. The lowest BCUT2D eigenvalue weighted by Gasteiger charge is -2.22. The molecule has 1 saturated heterocycles. The van der Waals surface area contributed by atoms with E-state index in [1.54, 1.807) is 6.20 Å². The molecule has 4 nitrogen and oxygen atoms in total. The van der Waals surface area contributed by atoms with Crippen LogP contribution in [-0.2, 0) is 6.54 Å². The third-order valence-electron chi connectivity index (χ3n) is 2.88. The monoisotopic (exact) mass is 276 g/mol. The molecule has 2 rings (SSSR count). The largest absolute Gasteiger partial charge is 0.317 e. The predicted molar refractivity (Wildman–Crippen MR) is 71.6 cm³/mol. The van der Waals surface area contributed by atoms with Crippen molar-refractivity contribution in [3.63, 3.8) is 0 Å². The maximum atomic E-state index is 5.71. The second-order valence-corrected chi connectivity index (χ2v) is 4.48. The van der Waals surface area contributed by atoms with Gasteiger partial charge in [-0.25, -0.2) is 9.97 Å². The molecule has 0 atom stereocenters. The van der Waals surface area contributed by atoms with Crippen LogP contribution in [0.2, 0.25) is 5.28 Å². The molecule has 1 aliphatic rings. The minimum atomic E-state index is 0. The van der Waals surface area contributed by atoms with Crippen LogP contribution < -0.4 is 10.6 Å². The summed E-state index contributed by atoms with van der Waals surface area (Å²) in [5.41, 5.74) is 0.953. The Balaban J connectivity index is 0.00000144. The van der Waals surface area contributed by atoms with E-state index in [2.05, 4.69) is 20.6 Å². The molecule has 1 fully saturated rings. The van der Waals surface area contributed by atoms with Gasteiger partial charge in [0.25, 0.3) is 0 Å². The number of halogens is 2. The number of rotatable bonds is 4. The van der Waals surface area contributed by atoms with Crippen LogP contribution in [0.5, 0.6) is 0 Å². The van der Waals surface area contributed by atoms with Crippen molar-refractivity contribution in [1.82, 2.24) is 20.6 Å². The summed E-state index contributed by atoms with van der Waals surface area (Å²) in [5, 5.41) is 7.11.